The van der Waals surface area contributed by atoms with Gasteiger partial charge in [-0.3, -0.25) is 9.52 Å². The lowest BCUT2D eigenvalue weighted by atomic mass is 10.2. The molecular weight excluding hydrogens is 392 g/mol. The summed E-state index contributed by atoms with van der Waals surface area (Å²) in [6.45, 7) is 3.58. The summed E-state index contributed by atoms with van der Waals surface area (Å²) in [6, 6.07) is 11.7. The van der Waals surface area contributed by atoms with Gasteiger partial charge in [-0.1, -0.05) is 29.8 Å². The van der Waals surface area contributed by atoms with E-state index in [-0.39, 0.29) is 21.2 Å². The van der Waals surface area contributed by atoms with Crippen LogP contribution in [0.25, 0.3) is 0 Å². The van der Waals surface area contributed by atoms with Crippen LogP contribution in [0.4, 0.5) is 5.69 Å². The van der Waals surface area contributed by atoms with Gasteiger partial charge in [0.05, 0.1) is 21.2 Å². The van der Waals surface area contributed by atoms with Crippen molar-refractivity contribution in [2.24, 2.45) is 0 Å². The zero-order chi connectivity index (χ0) is 20.0. The topological polar surface area (TPSA) is 102 Å². The molecule has 0 aliphatic carbocycles. The van der Waals surface area contributed by atoms with E-state index in [0.717, 1.165) is 0 Å². The molecule has 0 aliphatic rings. The number of likely N-dealkylation sites (N-methyl/N-ethyl adjacent to an activating group) is 1. The normalized spacial score (nSPS) is 12.1. The van der Waals surface area contributed by atoms with Gasteiger partial charge in [-0.15, -0.1) is 0 Å². The summed E-state index contributed by atoms with van der Waals surface area (Å²) in [5, 5.41) is 2.78. The Morgan fingerprint density at radius 1 is 1.15 bits per heavy atom. The highest BCUT2D eigenvalue weighted by Crippen LogP contribution is 2.24. The molecule has 0 radical (unpaired) electrons. The molecule has 144 valence electrons. The second-order valence-electron chi connectivity index (χ2n) is 5.56. The van der Waals surface area contributed by atoms with Crippen molar-refractivity contribution in [2.45, 2.75) is 24.8 Å². The first kappa shape index (κ1) is 20.7. The maximum atomic E-state index is 12.6. The molecule has 27 heavy (non-hydrogen) atoms. The van der Waals surface area contributed by atoms with Gasteiger partial charge in [-0.2, -0.15) is 0 Å². The molecule has 0 aliphatic heterocycles. The summed E-state index contributed by atoms with van der Waals surface area (Å²) in [6.07, 6.45) is -1.00. The van der Waals surface area contributed by atoms with Gasteiger partial charge in [0.2, 0.25) is 0 Å². The van der Waals surface area contributed by atoms with Crippen LogP contribution in [0, 0.1) is 0 Å². The average molecular weight is 411 g/mol. The number of halogens is 1. The fourth-order valence-corrected chi connectivity index (χ4v) is 3.50. The van der Waals surface area contributed by atoms with Gasteiger partial charge >= 0.3 is 5.97 Å². The molecule has 0 saturated carbocycles. The quantitative estimate of drug-likeness (QED) is 0.683. The fraction of sp³-hybridized carbons (Fsp3) is 0.222. The molecule has 2 aromatic rings. The molecule has 0 saturated heterocycles. The largest absolute Gasteiger partial charge is 0.449 e. The highest BCUT2D eigenvalue weighted by atomic mass is 35.5. The Morgan fingerprint density at radius 3 is 2.52 bits per heavy atom. The number of carbonyl (C=O) groups excluding carboxylic acids is 2. The summed E-state index contributed by atoms with van der Waals surface area (Å²) in [5.74, 6) is -1.24. The average Bonchev–Trinajstić information content (AvgIpc) is 2.63. The minimum atomic E-state index is -3.97. The van der Waals surface area contributed by atoms with Gasteiger partial charge in [0.15, 0.2) is 6.10 Å². The van der Waals surface area contributed by atoms with Gasteiger partial charge in [0.25, 0.3) is 15.9 Å². The lowest BCUT2D eigenvalue weighted by Crippen LogP contribution is -2.35. The number of nitrogens with one attached hydrogen (secondary N) is 2. The molecule has 0 bridgehead atoms. The van der Waals surface area contributed by atoms with Crippen molar-refractivity contribution < 1.29 is 22.7 Å². The molecule has 7 nitrogen and oxygen atoms in total. The minimum Gasteiger partial charge on any atom is -0.449 e. The Balaban J connectivity index is 2.20. The summed E-state index contributed by atoms with van der Waals surface area (Å²) in [5.41, 5.74) is 0.227. The Bertz CT molecular complexity index is 946. The monoisotopic (exact) mass is 410 g/mol. The van der Waals surface area contributed by atoms with Crippen molar-refractivity contribution in [3.63, 3.8) is 0 Å². The molecule has 2 N–H and O–H groups in total. The van der Waals surface area contributed by atoms with Gasteiger partial charge in [-0.25, -0.2) is 13.2 Å². The van der Waals surface area contributed by atoms with Crippen LogP contribution in [-0.4, -0.2) is 32.9 Å². The van der Waals surface area contributed by atoms with Crippen molar-refractivity contribution in [1.82, 2.24) is 5.32 Å². The van der Waals surface area contributed by atoms with Crippen LogP contribution in [0.5, 0.6) is 0 Å². The highest BCUT2D eigenvalue weighted by Gasteiger charge is 2.21. The summed E-state index contributed by atoms with van der Waals surface area (Å²) in [7, 11) is -3.97. The van der Waals surface area contributed by atoms with E-state index in [9.17, 15) is 18.0 Å². The smallest absolute Gasteiger partial charge is 0.338 e. The number of benzene rings is 2. The molecular formula is C18H19ClN2O5S. The van der Waals surface area contributed by atoms with Crippen LogP contribution in [0.15, 0.2) is 53.4 Å². The molecule has 9 heteroatoms. The second kappa shape index (κ2) is 8.88. The first-order chi connectivity index (χ1) is 12.7. The Morgan fingerprint density at radius 2 is 1.85 bits per heavy atom. The van der Waals surface area contributed by atoms with E-state index in [1.165, 1.54) is 37.3 Å². The lowest BCUT2D eigenvalue weighted by molar-refractivity contribution is -0.128. The van der Waals surface area contributed by atoms with E-state index < -0.39 is 28.0 Å². The number of sulfonamides is 1. The molecule has 2 aromatic carbocycles. The second-order valence-corrected chi connectivity index (χ2v) is 7.64. The number of ether oxygens (including phenoxy) is 1. The van der Waals surface area contributed by atoms with Crippen LogP contribution < -0.4 is 10.0 Å². The van der Waals surface area contributed by atoms with Gasteiger partial charge in [0.1, 0.15) is 0 Å². The van der Waals surface area contributed by atoms with Crippen molar-refractivity contribution >= 4 is 39.2 Å². The van der Waals surface area contributed by atoms with Crippen LogP contribution in [0.1, 0.15) is 24.2 Å². The summed E-state index contributed by atoms with van der Waals surface area (Å²) in [4.78, 5) is 23.7. The number of amides is 1. The number of esters is 1. The highest BCUT2D eigenvalue weighted by molar-refractivity contribution is 7.92. The van der Waals surface area contributed by atoms with Crippen molar-refractivity contribution in [1.29, 1.82) is 0 Å². The van der Waals surface area contributed by atoms with E-state index >= 15 is 0 Å². The minimum absolute atomic E-state index is 0.00758. The fourth-order valence-electron chi connectivity index (χ4n) is 2.14. The molecule has 0 fully saturated rings. The summed E-state index contributed by atoms with van der Waals surface area (Å²) < 4.78 is 32.6. The van der Waals surface area contributed by atoms with Crippen molar-refractivity contribution in [3.05, 3.63) is 59.1 Å². The van der Waals surface area contributed by atoms with E-state index in [2.05, 4.69) is 10.0 Å². The first-order valence-corrected chi connectivity index (χ1v) is 9.97. The van der Waals surface area contributed by atoms with Crippen LogP contribution in [0.3, 0.4) is 0 Å². The maximum absolute atomic E-state index is 12.6. The predicted molar refractivity (Wildman–Crippen MR) is 102 cm³/mol. The van der Waals surface area contributed by atoms with Gasteiger partial charge in [0, 0.05) is 6.54 Å². The van der Waals surface area contributed by atoms with Gasteiger partial charge < -0.3 is 10.1 Å². The standard InChI is InChI=1S/C18H19ClN2O5S/c1-3-20-17(22)12(2)26-18(23)13-7-6-8-14(11-13)27(24,25)21-16-10-5-4-9-15(16)19/h4-12,21H,3H2,1-2H3,(H,20,22)/t12-/m0/s1. The number of anilines is 1. The number of rotatable bonds is 7. The van der Waals surface area contributed by atoms with Crippen molar-refractivity contribution in [2.75, 3.05) is 11.3 Å². The SMILES string of the molecule is CCNC(=O)[C@H](C)OC(=O)c1cccc(S(=O)(=O)Nc2ccccc2Cl)c1. The molecule has 1 amide bonds. The Kier molecular flexibility index (Phi) is 6.81. The zero-order valence-corrected chi connectivity index (χ0v) is 16.3. The van der Waals surface area contributed by atoms with E-state index in [0.29, 0.717) is 6.54 Å². The number of para-hydroxylation sites is 1. The zero-order valence-electron chi connectivity index (χ0n) is 14.7. The molecule has 2 rings (SSSR count). The molecule has 0 unspecified atom stereocenters. The van der Waals surface area contributed by atoms with Crippen LogP contribution >= 0.6 is 11.6 Å². The third kappa shape index (κ3) is 5.45. The molecule has 1 atom stereocenters. The summed E-state index contributed by atoms with van der Waals surface area (Å²) >= 11 is 5.97. The van der Waals surface area contributed by atoms with Crippen LogP contribution in [0.2, 0.25) is 5.02 Å². The molecule has 0 spiro atoms. The van der Waals surface area contributed by atoms with E-state index in [1.807, 2.05) is 0 Å². The lowest BCUT2D eigenvalue weighted by Gasteiger charge is -2.13. The molecule has 0 aromatic heterocycles. The maximum Gasteiger partial charge on any atom is 0.338 e. The number of carbonyl (C=O) groups is 2. The third-order valence-corrected chi connectivity index (χ3v) is 5.20. The number of hydrogen-bond donors (Lipinski definition) is 2. The third-order valence-electron chi connectivity index (χ3n) is 3.50. The first-order valence-electron chi connectivity index (χ1n) is 8.10. The Labute approximate surface area is 162 Å². The van der Waals surface area contributed by atoms with Crippen LogP contribution in [-0.2, 0) is 19.6 Å². The molecule has 0 heterocycles. The Hall–Kier alpha value is -2.58. The van der Waals surface area contributed by atoms with E-state index in [1.54, 1.807) is 25.1 Å². The number of hydrogen-bond acceptors (Lipinski definition) is 5. The van der Waals surface area contributed by atoms with E-state index in [4.69, 9.17) is 16.3 Å². The van der Waals surface area contributed by atoms with Crippen molar-refractivity contribution in [3.8, 4) is 0 Å². The predicted octanol–water partition coefficient (Wildman–Crippen LogP) is 2.82. The van der Waals surface area contributed by atoms with Gasteiger partial charge in [-0.05, 0) is 44.2 Å².